The van der Waals surface area contributed by atoms with E-state index in [0.717, 1.165) is 44.5 Å². The molecule has 1 aliphatic carbocycles. The number of nitrogens with zero attached hydrogens (tertiary/aromatic N) is 2. The topological polar surface area (TPSA) is 45.2 Å². The minimum Gasteiger partial charge on any atom is -0.334 e. The van der Waals surface area contributed by atoms with Gasteiger partial charge in [0, 0.05) is 18.2 Å². The van der Waals surface area contributed by atoms with Crippen LogP contribution in [0.4, 0.5) is 0 Å². The Balaban J connectivity index is 1.53. The van der Waals surface area contributed by atoms with Crippen LogP contribution in [0.15, 0.2) is 48.7 Å². The first kappa shape index (κ1) is 18.2. The SMILES string of the molecule is Cc1ccccc1C1CC1C(=O)N(Cc1ccccn1)C1CCCNCC1. The van der Waals surface area contributed by atoms with Gasteiger partial charge in [0.05, 0.1) is 12.2 Å². The first-order valence-corrected chi connectivity index (χ1v) is 10.2. The molecule has 1 amide bonds. The molecule has 0 bridgehead atoms. The Kier molecular flexibility index (Phi) is 5.53. The smallest absolute Gasteiger partial charge is 0.226 e. The van der Waals surface area contributed by atoms with Crippen molar-refractivity contribution < 1.29 is 4.79 Å². The minimum absolute atomic E-state index is 0.131. The van der Waals surface area contributed by atoms with Crippen molar-refractivity contribution in [3.05, 3.63) is 65.5 Å². The molecule has 3 unspecified atom stereocenters. The Morgan fingerprint density at radius 3 is 2.81 bits per heavy atom. The number of hydrogen-bond donors (Lipinski definition) is 1. The number of amides is 1. The van der Waals surface area contributed by atoms with Gasteiger partial charge < -0.3 is 10.2 Å². The number of hydrogen-bond acceptors (Lipinski definition) is 3. The maximum absolute atomic E-state index is 13.5. The van der Waals surface area contributed by atoms with Crippen molar-refractivity contribution in [1.29, 1.82) is 0 Å². The molecule has 27 heavy (non-hydrogen) atoms. The molecule has 1 aromatic carbocycles. The van der Waals surface area contributed by atoms with Gasteiger partial charge in [-0.15, -0.1) is 0 Å². The van der Waals surface area contributed by atoms with Gasteiger partial charge >= 0.3 is 0 Å². The summed E-state index contributed by atoms with van der Waals surface area (Å²) in [4.78, 5) is 20.1. The molecule has 1 aromatic heterocycles. The minimum atomic E-state index is 0.131. The summed E-state index contributed by atoms with van der Waals surface area (Å²) in [5, 5.41) is 3.47. The third kappa shape index (κ3) is 4.22. The van der Waals surface area contributed by atoms with Gasteiger partial charge in [-0.25, -0.2) is 0 Å². The van der Waals surface area contributed by atoms with Crippen LogP contribution < -0.4 is 5.32 Å². The summed E-state index contributed by atoms with van der Waals surface area (Å²) in [6.45, 7) is 4.82. The molecule has 1 saturated carbocycles. The van der Waals surface area contributed by atoms with Crippen LogP contribution in [0.3, 0.4) is 0 Å². The molecule has 4 nitrogen and oxygen atoms in total. The van der Waals surface area contributed by atoms with Crippen LogP contribution in [0.1, 0.15) is 48.4 Å². The van der Waals surface area contributed by atoms with Gasteiger partial charge in [-0.2, -0.15) is 0 Å². The van der Waals surface area contributed by atoms with Crippen LogP contribution in [0.25, 0.3) is 0 Å². The standard InChI is InChI=1S/C23H29N3O/c1-17-7-2-3-10-20(17)21-15-22(21)23(27)26(16-18-8-4-5-13-25-18)19-9-6-12-24-14-11-19/h2-5,7-8,10,13,19,21-22,24H,6,9,11-12,14-16H2,1H3. The molecular formula is C23H29N3O. The molecule has 0 spiro atoms. The van der Waals surface area contributed by atoms with E-state index in [1.54, 1.807) is 0 Å². The van der Waals surface area contributed by atoms with E-state index in [0.29, 0.717) is 24.4 Å². The normalized spacial score (nSPS) is 24.9. The second-order valence-electron chi connectivity index (χ2n) is 7.93. The van der Waals surface area contributed by atoms with Crippen molar-refractivity contribution in [3.8, 4) is 0 Å². The van der Waals surface area contributed by atoms with Crippen LogP contribution >= 0.6 is 0 Å². The van der Waals surface area contributed by atoms with E-state index in [1.165, 1.54) is 11.1 Å². The third-order valence-corrected chi connectivity index (χ3v) is 6.02. The van der Waals surface area contributed by atoms with E-state index in [9.17, 15) is 4.79 Å². The number of rotatable bonds is 5. The maximum atomic E-state index is 13.5. The van der Waals surface area contributed by atoms with Crippen LogP contribution in [0, 0.1) is 12.8 Å². The molecule has 2 aromatic rings. The molecule has 2 fully saturated rings. The quantitative estimate of drug-likeness (QED) is 0.882. The molecule has 4 rings (SSSR count). The molecule has 1 saturated heterocycles. The predicted molar refractivity (Wildman–Crippen MR) is 107 cm³/mol. The summed E-state index contributed by atoms with van der Waals surface area (Å²) in [5.74, 6) is 0.834. The summed E-state index contributed by atoms with van der Waals surface area (Å²) < 4.78 is 0. The molecule has 4 heteroatoms. The van der Waals surface area contributed by atoms with E-state index < -0.39 is 0 Å². The van der Waals surface area contributed by atoms with E-state index in [4.69, 9.17) is 0 Å². The lowest BCUT2D eigenvalue weighted by molar-refractivity contribution is -0.136. The van der Waals surface area contributed by atoms with Gasteiger partial charge in [0.2, 0.25) is 5.91 Å². The van der Waals surface area contributed by atoms with E-state index in [1.807, 2.05) is 24.4 Å². The average molecular weight is 364 g/mol. The Bertz CT molecular complexity index is 768. The van der Waals surface area contributed by atoms with Crippen LogP contribution in [0.5, 0.6) is 0 Å². The lowest BCUT2D eigenvalue weighted by atomic mass is 10.0. The van der Waals surface area contributed by atoms with Gasteiger partial charge in [0.1, 0.15) is 0 Å². The van der Waals surface area contributed by atoms with Crippen molar-refractivity contribution in [3.63, 3.8) is 0 Å². The summed E-state index contributed by atoms with van der Waals surface area (Å²) in [5.41, 5.74) is 3.63. The van der Waals surface area contributed by atoms with Crippen molar-refractivity contribution in [2.24, 2.45) is 5.92 Å². The fourth-order valence-electron chi connectivity index (χ4n) is 4.39. The molecule has 2 heterocycles. The van der Waals surface area contributed by atoms with E-state index in [-0.39, 0.29) is 5.92 Å². The fraction of sp³-hybridized carbons (Fsp3) is 0.478. The largest absolute Gasteiger partial charge is 0.334 e. The molecule has 142 valence electrons. The predicted octanol–water partition coefficient (Wildman–Crippen LogP) is 3.66. The average Bonchev–Trinajstić information content (AvgIpc) is 3.51. The molecule has 2 aliphatic rings. The number of carbonyl (C=O) groups is 1. The zero-order valence-corrected chi connectivity index (χ0v) is 16.1. The Morgan fingerprint density at radius 2 is 2.00 bits per heavy atom. The number of pyridine rings is 1. The summed E-state index contributed by atoms with van der Waals surface area (Å²) >= 11 is 0. The highest BCUT2D eigenvalue weighted by Gasteiger charge is 2.47. The van der Waals surface area contributed by atoms with Gasteiger partial charge in [-0.05, 0) is 74.9 Å². The Morgan fingerprint density at radius 1 is 1.15 bits per heavy atom. The highest BCUT2D eigenvalue weighted by molar-refractivity contribution is 5.83. The highest BCUT2D eigenvalue weighted by atomic mass is 16.2. The van der Waals surface area contributed by atoms with Crippen LogP contribution in [-0.2, 0) is 11.3 Å². The Hall–Kier alpha value is -2.20. The van der Waals surface area contributed by atoms with E-state index in [2.05, 4.69) is 46.4 Å². The molecule has 3 atom stereocenters. The summed E-state index contributed by atoms with van der Waals surface area (Å²) in [6, 6.07) is 14.8. The monoisotopic (exact) mass is 363 g/mol. The van der Waals surface area contributed by atoms with Crippen molar-refractivity contribution in [1.82, 2.24) is 15.2 Å². The summed E-state index contributed by atoms with van der Waals surface area (Å²) in [7, 11) is 0. The number of benzene rings is 1. The number of aromatic nitrogens is 1. The van der Waals surface area contributed by atoms with Crippen molar-refractivity contribution in [2.45, 2.75) is 51.1 Å². The zero-order valence-electron chi connectivity index (χ0n) is 16.1. The highest BCUT2D eigenvalue weighted by Crippen LogP contribution is 2.49. The van der Waals surface area contributed by atoms with E-state index >= 15 is 0 Å². The second-order valence-corrected chi connectivity index (χ2v) is 7.93. The first-order chi connectivity index (χ1) is 13.2. The van der Waals surface area contributed by atoms with Gasteiger partial charge in [-0.1, -0.05) is 30.3 Å². The molecule has 0 radical (unpaired) electrons. The molecular weight excluding hydrogens is 334 g/mol. The fourth-order valence-corrected chi connectivity index (χ4v) is 4.39. The third-order valence-electron chi connectivity index (χ3n) is 6.02. The lowest BCUT2D eigenvalue weighted by Gasteiger charge is -2.31. The summed E-state index contributed by atoms with van der Waals surface area (Å²) in [6.07, 6.45) is 6.03. The van der Waals surface area contributed by atoms with Crippen LogP contribution in [0.2, 0.25) is 0 Å². The van der Waals surface area contributed by atoms with Crippen molar-refractivity contribution in [2.75, 3.05) is 13.1 Å². The zero-order chi connectivity index (χ0) is 18.6. The second kappa shape index (κ2) is 8.22. The number of carbonyl (C=O) groups excluding carboxylic acids is 1. The number of aryl methyl sites for hydroxylation is 1. The lowest BCUT2D eigenvalue weighted by Crippen LogP contribution is -2.41. The number of nitrogens with one attached hydrogen (secondary N) is 1. The maximum Gasteiger partial charge on any atom is 0.226 e. The van der Waals surface area contributed by atoms with Gasteiger partial charge in [-0.3, -0.25) is 9.78 Å². The van der Waals surface area contributed by atoms with Crippen LogP contribution in [-0.4, -0.2) is 34.9 Å². The molecule has 1 aliphatic heterocycles. The van der Waals surface area contributed by atoms with Gasteiger partial charge in [0.25, 0.3) is 0 Å². The Labute approximate surface area is 162 Å². The van der Waals surface area contributed by atoms with Gasteiger partial charge in [0.15, 0.2) is 0 Å². The molecule has 1 N–H and O–H groups in total. The first-order valence-electron chi connectivity index (χ1n) is 10.2. The van der Waals surface area contributed by atoms with Crippen molar-refractivity contribution >= 4 is 5.91 Å².